The van der Waals surface area contributed by atoms with Crippen LogP contribution in [0.15, 0.2) is 36.9 Å². The Balaban J connectivity index is 3.09. The summed E-state index contributed by atoms with van der Waals surface area (Å²) in [4.78, 5) is 0. The van der Waals surface area contributed by atoms with Gasteiger partial charge in [-0.3, -0.25) is 0 Å². The third-order valence-corrected chi connectivity index (χ3v) is 2.81. The molecule has 0 bridgehead atoms. The van der Waals surface area contributed by atoms with Gasteiger partial charge in [0.25, 0.3) is 0 Å². The molecule has 2 rings (SSSR count). The summed E-state index contributed by atoms with van der Waals surface area (Å²) in [5.41, 5.74) is 1.24. The Hall–Kier alpha value is -1.70. The third kappa shape index (κ3) is 1.51. The van der Waals surface area contributed by atoms with Gasteiger partial charge in [-0.2, -0.15) is 0 Å². The number of hydrogen-bond donors (Lipinski definition) is 0. The van der Waals surface area contributed by atoms with Crippen molar-refractivity contribution in [3.63, 3.8) is 0 Å². The monoisotopic (exact) mass is 208 g/mol. The van der Waals surface area contributed by atoms with Gasteiger partial charge in [-0.1, -0.05) is 43.8 Å². The SMILES string of the molecule is C=C/C=c1\c(=C/C)c2ccccc2n1[B]C. The third-order valence-electron chi connectivity index (χ3n) is 2.81. The standard InChI is InChI=1S/C14H15BN/c1-4-8-13-11(5-2)12-9-6-7-10-14(12)16(13)15-3/h4-10H,1H2,2-3H3/b11-5-,13-8+. The van der Waals surface area contributed by atoms with E-state index in [1.54, 1.807) is 0 Å². The Morgan fingerprint density at radius 3 is 2.69 bits per heavy atom. The Kier molecular flexibility index (Phi) is 3.00. The van der Waals surface area contributed by atoms with Crippen molar-refractivity contribution < 1.29 is 0 Å². The number of para-hydroxylation sites is 1. The van der Waals surface area contributed by atoms with Crippen LogP contribution in [-0.2, 0) is 0 Å². The smallest absolute Gasteiger partial charge is 0.249 e. The van der Waals surface area contributed by atoms with Crippen LogP contribution in [0.4, 0.5) is 0 Å². The van der Waals surface area contributed by atoms with Gasteiger partial charge < -0.3 is 4.48 Å². The fourth-order valence-electron chi connectivity index (χ4n) is 2.17. The molecule has 79 valence electrons. The molecule has 0 N–H and O–H groups in total. The lowest BCUT2D eigenvalue weighted by Crippen LogP contribution is -2.30. The van der Waals surface area contributed by atoms with Crippen LogP contribution in [0.1, 0.15) is 6.92 Å². The van der Waals surface area contributed by atoms with Crippen molar-refractivity contribution in [2.75, 3.05) is 0 Å². The van der Waals surface area contributed by atoms with Gasteiger partial charge in [-0.05, 0) is 19.1 Å². The summed E-state index contributed by atoms with van der Waals surface area (Å²) in [7, 11) is 2.09. The molecule has 0 amide bonds. The maximum Gasteiger partial charge on any atom is 0.249 e. The molecule has 0 aliphatic carbocycles. The van der Waals surface area contributed by atoms with Gasteiger partial charge in [0.1, 0.15) is 0 Å². The molecule has 2 heteroatoms. The van der Waals surface area contributed by atoms with E-state index in [1.807, 2.05) is 12.9 Å². The fraction of sp³-hybridized carbons (Fsp3) is 0.143. The van der Waals surface area contributed by atoms with E-state index in [0.29, 0.717) is 0 Å². The topological polar surface area (TPSA) is 4.93 Å². The molecular formula is C14H15BN. The molecule has 1 aromatic carbocycles. The summed E-state index contributed by atoms with van der Waals surface area (Å²) in [6.45, 7) is 7.90. The highest BCUT2D eigenvalue weighted by Crippen LogP contribution is 2.06. The molecule has 0 aliphatic rings. The molecule has 0 atom stereocenters. The fourth-order valence-corrected chi connectivity index (χ4v) is 2.17. The van der Waals surface area contributed by atoms with Crippen molar-refractivity contribution in [2.45, 2.75) is 13.7 Å². The Bertz CT molecular complexity index is 635. The number of aromatic nitrogens is 1. The highest BCUT2D eigenvalue weighted by molar-refractivity contribution is 6.33. The molecule has 0 fully saturated rings. The molecule has 16 heavy (non-hydrogen) atoms. The van der Waals surface area contributed by atoms with Gasteiger partial charge in [0.05, 0.1) is 0 Å². The largest absolute Gasteiger partial charge is 0.390 e. The van der Waals surface area contributed by atoms with Gasteiger partial charge in [0.2, 0.25) is 7.41 Å². The lowest BCUT2D eigenvalue weighted by Gasteiger charge is -1.99. The van der Waals surface area contributed by atoms with Crippen molar-refractivity contribution in [1.82, 2.24) is 4.48 Å². The zero-order valence-corrected chi connectivity index (χ0v) is 9.77. The van der Waals surface area contributed by atoms with Gasteiger partial charge in [0, 0.05) is 21.5 Å². The molecule has 1 nitrogen and oxygen atoms in total. The second kappa shape index (κ2) is 4.44. The molecule has 0 aliphatic heterocycles. The van der Waals surface area contributed by atoms with E-state index in [9.17, 15) is 0 Å². The summed E-state index contributed by atoms with van der Waals surface area (Å²) in [6.07, 6.45) is 6.04. The molecule has 2 aromatic rings. The van der Waals surface area contributed by atoms with Crippen LogP contribution in [-0.4, -0.2) is 11.9 Å². The van der Waals surface area contributed by atoms with Crippen molar-refractivity contribution in [1.29, 1.82) is 0 Å². The first-order valence-electron chi connectivity index (χ1n) is 5.51. The number of allylic oxidation sites excluding steroid dienone is 1. The first kappa shape index (κ1) is 10.8. The number of benzene rings is 1. The minimum Gasteiger partial charge on any atom is -0.390 e. The molecule has 0 spiro atoms. The summed E-state index contributed by atoms with van der Waals surface area (Å²) < 4.78 is 2.20. The summed E-state index contributed by atoms with van der Waals surface area (Å²) in [5.74, 6) is 0. The van der Waals surface area contributed by atoms with Gasteiger partial charge >= 0.3 is 0 Å². The zero-order valence-electron chi connectivity index (χ0n) is 9.77. The van der Waals surface area contributed by atoms with E-state index in [4.69, 9.17) is 0 Å². The van der Waals surface area contributed by atoms with Crippen LogP contribution in [0.3, 0.4) is 0 Å². The number of nitrogens with zero attached hydrogens (tertiary/aromatic N) is 1. The highest BCUT2D eigenvalue weighted by atomic mass is 14.9. The van der Waals surface area contributed by atoms with Gasteiger partial charge in [-0.15, -0.1) is 0 Å². The first-order valence-corrected chi connectivity index (χ1v) is 5.51. The highest BCUT2D eigenvalue weighted by Gasteiger charge is 2.04. The zero-order chi connectivity index (χ0) is 11.5. The Morgan fingerprint density at radius 1 is 1.31 bits per heavy atom. The van der Waals surface area contributed by atoms with Crippen LogP contribution in [0.2, 0.25) is 6.82 Å². The Labute approximate surface area is 96.7 Å². The predicted octanol–water partition coefficient (Wildman–Crippen LogP) is 1.92. The average Bonchev–Trinajstić information content (AvgIpc) is 2.62. The number of hydrogen-bond acceptors (Lipinski definition) is 0. The van der Waals surface area contributed by atoms with E-state index in [-0.39, 0.29) is 0 Å². The van der Waals surface area contributed by atoms with E-state index < -0.39 is 0 Å². The maximum absolute atomic E-state index is 3.78. The molecule has 1 heterocycles. The lowest BCUT2D eigenvalue weighted by molar-refractivity contribution is 1.21. The van der Waals surface area contributed by atoms with Gasteiger partial charge in [-0.25, -0.2) is 0 Å². The van der Waals surface area contributed by atoms with E-state index in [1.165, 1.54) is 21.5 Å². The minimum absolute atomic E-state index is 1.20. The van der Waals surface area contributed by atoms with Crippen LogP contribution < -0.4 is 10.6 Å². The lowest BCUT2D eigenvalue weighted by atomic mass is 9.99. The van der Waals surface area contributed by atoms with Gasteiger partial charge in [0.15, 0.2) is 0 Å². The number of fused-ring (bicyclic) bond motifs is 1. The second-order valence-electron chi connectivity index (χ2n) is 3.64. The quantitative estimate of drug-likeness (QED) is 0.664. The average molecular weight is 208 g/mol. The molecule has 0 saturated heterocycles. The summed E-state index contributed by atoms with van der Waals surface area (Å²) >= 11 is 0. The second-order valence-corrected chi connectivity index (χ2v) is 3.64. The van der Waals surface area contributed by atoms with Crippen molar-refractivity contribution in [3.8, 4) is 0 Å². The van der Waals surface area contributed by atoms with Crippen molar-refractivity contribution in [3.05, 3.63) is 47.5 Å². The molecule has 0 unspecified atom stereocenters. The Morgan fingerprint density at radius 2 is 2.06 bits per heavy atom. The van der Waals surface area contributed by atoms with Crippen LogP contribution >= 0.6 is 0 Å². The summed E-state index contributed by atoms with van der Waals surface area (Å²) in [5, 5.41) is 3.76. The van der Waals surface area contributed by atoms with Crippen LogP contribution in [0, 0.1) is 0 Å². The molecular weight excluding hydrogens is 193 g/mol. The van der Waals surface area contributed by atoms with E-state index >= 15 is 0 Å². The summed E-state index contributed by atoms with van der Waals surface area (Å²) in [6, 6.07) is 8.44. The normalized spacial score (nSPS) is 13.4. The van der Waals surface area contributed by atoms with Crippen molar-refractivity contribution in [2.24, 2.45) is 0 Å². The first-order chi connectivity index (χ1) is 7.83. The van der Waals surface area contributed by atoms with Crippen LogP contribution in [0.25, 0.3) is 23.1 Å². The minimum atomic E-state index is 1.20. The van der Waals surface area contributed by atoms with Crippen LogP contribution in [0.5, 0.6) is 0 Å². The molecule has 0 saturated carbocycles. The molecule has 1 aromatic heterocycles. The molecule has 1 radical (unpaired) electrons. The van der Waals surface area contributed by atoms with E-state index in [0.717, 1.165) is 0 Å². The van der Waals surface area contributed by atoms with Crippen molar-refractivity contribution >= 4 is 30.5 Å². The van der Waals surface area contributed by atoms with E-state index in [2.05, 4.69) is 61.8 Å². The predicted molar refractivity (Wildman–Crippen MR) is 73.0 cm³/mol. The number of rotatable bonds is 2. The maximum atomic E-state index is 3.78.